The number of rotatable bonds is 6. The zero-order valence-electron chi connectivity index (χ0n) is 18.0. The molecule has 0 atom stereocenters. The van der Waals surface area contributed by atoms with E-state index in [9.17, 15) is 30.8 Å². The zero-order chi connectivity index (χ0) is 25.4. The molecule has 2 aromatic carbocycles. The molecule has 0 saturated heterocycles. The van der Waals surface area contributed by atoms with E-state index in [2.05, 4.69) is 5.10 Å². The fraction of sp³-hybridized carbons (Fsp3) is 0.130. The Kier molecular flexibility index (Phi) is 6.34. The summed E-state index contributed by atoms with van der Waals surface area (Å²) in [5.74, 6) is -1.92. The van der Waals surface area contributed by atoms with E-state index in [4.69, 9.17) is 4.74 Å². The second-order valence-electron chi connectivity index (χ2n) is 7.35. The van der Waals surface area contributed by atoms with Gasteiger partial charge in [-0.15, -0.1) is 0 Å². The number of sulfonamides is 1. The third-order valence-corrected chi connectivity index (χ3v) is 6.91. The van der Waals surface area contributed by atoms with Gasteiger partial charge >= 0.3 is 6.18 Å². The van der Waals surface area contributed by atoms with Gasteiger partial charge in [-0.25, -0.2) is 17.3 Å². The maximum Gasteiger partial charge on any atom is 0.417 e. The quantitative estimate of drug-likeness (QED) is 0.359. The van der Waals surface area contributed by atoms with Crippen LogP contribution >= 0.6 is 0 Å². The second kappa shape index (κ2) is 9.12. The van der Waals surface area contributed by atoms with E-state index in [0.717, 1.165) is 37.6 Å². The SMILES string of the molecule is COCC(=O)N(c1cnn2ccccc12)S(=O)(=O)c1c(-c2cccc(F)c2)cccc1C(F)(F)F. The van der Waals surface area contributed by atoms with Crippen molar-refractivity contribution in [1.82, 2.24) is 9.61 Å². The zero-order valence-corrected chi connectivity index (χ0v) is 18.8. The standard InChI is InChI=1S/C23H17F4N3O4S/c1-34-14-21(31)30(20-13-28-29-11-3-2-10-19(20)29)35(32,33)22-17(15-6-4-7-16(24)12-15)8-5-9-18(22)23(25,26)27/h2-13H,14H2,1H3. The van der Waals surface area contributed by atoms with Gasteiger partial charge in [-0.2, -0.15) is 22.6 Å². The number of methoxy groups -OCH3 is 1. The number of halogens is 4. The molecule has 35 heavy (non-hydrogen) atoms. The highest BCUT2D eigenvalue weighted by Gasteiger charge is 2.43. The molecule has 0 aliphatic rings. The molecule has 0 unspecified atom stereocenters. The van der Waals surface area contributed by atoms with Crippen molar-refractivity contribution in [3.63, 3.8) is 0 Å². The Balaban J connectivity index is 2.06. The van der Waals surface area contributed by atoms with Crippen molar-refractivity contribution in [2.45, 2.75) is 11.1 Å². The molecule has 0 radical (unpaired) electrons. The summed E-state index contributed by atoms with van der Waals surface area (Å²) in [6.45, 7) is -0.743. The molecule has 0 bridgehead atoms. The molecule has 0 aliphatic heterocycles. The average molecular weight is 507 g/mol. The van der Waals surface area contributed by atoms with Crippen LogP contribution < -0.4 is 4.31 Å². The van der Waals surface area contributed by atoms with Crippen molar-refractivity contribution in [2.24, 2.45) is 0 Å². The highest BCUT2D eigenvalue weighted by Crippen LogP contribution is 2.42. The van der Waals surface area contributed by atoms with Crippen LogP contribution in [0.4, 0.5) is 23.2 Å². The number of carbonyl (C=O) groups excluding carboxylic acids is 1. The molecular weight excluding hydrogens is 490 g/mol. The molecular formula is C23H17F4N3O4S. The number of alkyl halides is 3. The van der Waals surface area contributed by atoms with Crippen LogP contribution in [0.25, 0.3) is 16.6 Å². The highest BCUT2D eigenvalue weighted by atomic mass is 32.2. The minimum absolute atomic E-state index is 0.117. The number of hydrogen-bond donors (Lipinski definition) is 0. The number of amides is 1. The van der Waals surface area contributed by atoms with E-state index in [1.165, 1.54) is 28.9 Å². The predicted octanol–water partition coefficient (Wildman–Crippen LogP) is 4.53. The first-order chi connectivity index (χ1) is 16.6. The lowest BCUT2D eigenvalue weighted by atomic mass is 10.0. The molecule has 1 amide bonds. The maximum absolute atomic E-state index is 14.1. The molecule has 4 rings (SSSR count). The number of aromatic nitrogens is 2. The number of pyridine rings is 1. The number of fused-ring (bicyclic) bond motifs is 1. The molecule has 7 nitrogen and oxygen atoms in total. The maximum atomic E-state index is 14.1. The van der Waals surface area contributed by atoms with Gasteiger partial charge in [0.2, 0.25) is 0 Å². The van der Waals surface area contributed by atoms with E-state index >= 15 is 0 Å². The first kappa shape index (κ1) is 24.4. The van der Waals surface area contributed by atoms with E-state index in [1.807, 2.05) is 0 Å². The normalized spacial score (nSPS) is 12.1. The van der Waals surface area contributed by atoms with Gasteiger partial charge in [0.05, 0.1) is 17.3 Å². The summed E-state index contributed by atoms with van der Waals surface area (Å²) in [6.07, 6.45) is -2.58. The number of anilines is 1. The van der Waals surface area contributed by atoms with Gasteiger partial charge in [-0.05, 0) is 35.9 Å². The summed E-state index contributed by atoms with van der Waals surface area (Å²) in [4.78, 5) is 11.8. The lowest BCUT2D eigenvalue weighted by Crippen LogP contribution is -2.40. The van der Waals surface area contributed by atoms with Crippen molar-refractivity contribution >= 4 is 27.1 Å². The largest absolute Gasteiger partial charge is 0.417 e. The van der Waals surface area contributed by atoms with Gasteiger partial charge in [0, 0.05) is 18.9 Å². The Morgan fingerprint density at radius 1 is 1.09 bits per heavy atom. The molecule has 182 valence electrons. The first-order valence-electron chi connectivity index (χ1n) is 10.0. The summed E-state index contributed by atoms with van der Waals surface area (Å²) in [6, 6.07) is 11.8. The molecule has 2 heterocycles. The summed E-state index contributed by atoms with van der Waals surface area (Å²) in [5.41, 5.74) is -2.17. The minimum atomic E-state index is -5.23. The summed E-state index contributed by atoms with van der Waals surface area (Å²) in [5, 5.41) is 4.00. The van der Waals surface area contributed by atoms with Crippen LogP contribution in [0.3, 0.4) is 0 Å². The van der Waals surface area contributed by atoms with Crippen molar-refractivity contribution in [2.75, 3.05) is 18.0 Å². The Morgan fingerprint density at radius 2 is 1.83 bits per heavy atom. The third-order valence-electron chi connectivity index (χ3n) is 5.07. The van der Waals surface area contributed by atoms with Gasteiger partial charge in [0.15, 0.2) is 0 Å². The Labute approximate surface area is 197 Å². The van der Waals surface area contributed by atoms with Crippen LogP contribution in [0.1, 0.15) is 5.56 Å². The number of carbonyl (C=O) groups is 1. The first-order valence-corrected chi connectivity index (χ1v) is 11.5. The lowest BCUT2D eigenvalue weighted by Gasteiger charge is -2.25. The third kappa shape index (κ3) is 4.49. The van der Waals surface area contributed by atoms with Crippen LogP contribution in [0.5, 0.6) is 0 Å². The average Bonchev–Trinajstić information content (AvgIpc) is 3.22. The van der Waals surface area contributed by atoms with Crippen LogP contribution in [0.2, 0.25) is 0 Å². The fourth-order valence-electron chi connectivity index (χ4n) is 3.67. The van der Waals surface area contributed by atoms with Crippen LogP contribution in [-0.4, -0.2) is 37.7 Å². The number of benzene rings is 2. The van der Waals surface area contributed by atoms with Crippen molar-refractivity contribution in [3.8, 4) is 11.1 Å². The van der Waals surface area contributed by atoms with Crippen LogP contribution in [0.15, 0.2) is 78.0 Å². The van der Waals surface area contributed by atoms with Gasteiger partial charge in [-0.3, -0.25) is 4.79 Å². The summed E-state index contributed by atoms with van der Waals surface area (Å²) in [7, 11) is -4.09. The Bertz CT molecular complexity index is 1520. The minimum Gasteiger partial charge on any atom is -0.375 e. The highest BCUT2D eigenvalue weighted by molar-refractivity contribution is 7.93. The van der Waals surface area contributed by atoms with Crippen molar-refractivity contribution in [1.29, 1.82) is 0 Å². The second-order valence-corrected chi connectivity index (χ2v) is 9.07. The Hall–Kier alpha value is -3.77. The lowest BCUT2D eigenvalue weighted by molar-refractivity contribution is -0.139. The predicted molar refractivity (Wildman–Crippen MR) is 119 cm³/mol. The molecule has 4 aromatic rings. The molecule has 2 aromatic heterocycles. The van der Waals surface area contributed by atoms with Gasteiger partial charge in [-0.1, -0.05) is 30.3 Å². The van der Waals surface area contributed by atoms with Crippen molar-refractivity contribution < 1.29 is 35.5 Å². The number of ether oxygens (including phenoxy) is 1. The topological polar surface area (TPSA) is 81.0 Å². The van der Waals surface area contributed by atoms with E-state index in [1.54, 1.807) is 12.1 Å². The van der Waals surface area contributed by atoms with E-state index in [0.29, 0.717) is 6.07 Å². The molecule has 0 fully saturated rings. The van der Waals surface area contributed by atoms with Crippen LogP contribution in [0, 0.1) is 5.82 Å². The monoisotopic (exact) mass is 507 g/mol. The van der Waals surface area contributed by atoms with Gasteiger partial charge in [0.1, 0.15) is 23.0 Å². The number of hydrogen-bond acceptors (Lipinski definition) is 5. The van der Waals surface area contributed by atoms with E-state index in [-0.39, 0.29) is 21.1 Å². The van der Waals surface area contributed by atoms with Gasteiger partial charge in [0.25, 0.3) is 15.9 Å². The number of nitrogens with zero attached hydrogens (tertiary/aromatic N) is 3. The summed E-state index contributed by atoms with van der Waals surface area (Å²) < 4.78 is 90.4. The van der Waals surface area contributed by atoms with Gasteiger partial charge < -0.3 is 4.74 Å². The summed E-state index contributed by atoms with van der Waals surface area (Å²) >= 11 is 0. The molecule has 0 saturated carbocycles. The molecule has 12 heteroatoms. The smallest absolute Gasteiger partial charge is 0.375 e. The molecule has 0 spiro atoms. The fourth-order valence-corrected chi connectivity index (χ4v) is 5.50. The molecule has 0 aliphatic carbocycles. The van der Waals surface area contributed by atoms with Crippen LogP contribution in [-0.2, 0) is 25.7 Å². The van der Waals surface area contributed by atoms with E-state index < -0.39 is 50.6 Å². The molecule has 0 N–H and O–H groups in total. The Morgan fingerprint density at radius 3 is 2.51 bits per heavy atom. The van der Waals surface area contributed by atoms with Crippen molar-refractivity contribution in [3.05, 3.63) is 84.4 Å².